The highest BCUT2D eigenvalue weighted by molar-refractivity contribution is 7.91. The summed E-state index contributed by atoms with van der Waals surface area (Å²) < 4.78 is 62.8. The maximum atomic E-state index is 13.0. The molecule has 1 amide bonds. The number of hydrogen-bond donors (Lipinski definition) is 1. The Hall–Kier alpha value is -2.51. The molecular formula is C28H33F3N2O3S2. The van der Waals surface area contributed by atoms with Crippen molar-refractivity contribution in [1.29, 1.82) is 0 Å². The van der Waals surface area contributed by atoms with Crippen molar-refractivity contribution < 1.29 is 26.4 Å². The molecule has 1 atom stereocenters. The van der Waals surface area contributed by atoms with Crippen LogP contribution < -0.4 is 5.32 Å². The molecule has 1 N–H and O–H groups in total. The topological polar surface area (TPSA) is 66.5 Å². The van der Waals surface area contributed by atoms with Crippen LogP contribution in [0.15, 0.2) is 35.2 Å². The van der Waals surface area contributed by atoms with E-state index in [0.717, 1.165) is 21.0 Å². The molecular weight excluding hydrogens is 533 g/mol. The molecule has 1 saturated carbocycles. The molecule has 4 rings (SSSR count). The van der Waals surface area contributed by atoms with E-state index in [-0.39, 0.29) is 53.7 Å². The quantitative estimate of drug-likeness (QED) is 0.402. The van der Waals surface area contributed by atoms with E-state index in [1.165, 1.54) is 23.5 Å². The van der Waals surface area contributed by atoms with Crippen LogP contribution >= 0.6 is 11.3 Å². The number of fused-ring (bicyclic) bond motifs is 1. The number of sulfone groups is 1. The Morgan fingerprint density at radius 3 is 2.39 bits per heavy atom. The average Bonchev–Trinajstić information content (AvgIpc) is 3.39. The molecule has 1 aliphatic carbocycles. The molecule has 2 heterocycles. The zero-order valence-corrected chi connectivity index (χ0v) is 23.4. The van der Waals surface area contributed by atoms with Gasteiger partial charge in [-0.3, -0.25) is 4.79 Å². The third-order valence-corrected chi connectivity index (χ3v) is 10.2. The van der Waals surface area contributed by atoms with E-state index in [9.17, 15) is 26.4 Å². The van der Waals surface area contributed by atoms with Crippen molar-refractivity contribution in [3.63, 3.8) is 0 Å². The summed E-state index contributed by atoms with van der Waals surface area (Å²) in [5.74, 6) is 2.15. The second-order valence-electron chi connectivity index (χ2n) is 10.4. The maximum absolute atomic E-state index is 13.0. The van der Waals surface area contributed by atoms with Crippen molar-refractivity contribution in [2.24, 2.45) is 17.8 Å². The average molecular weight is 567 g/mol. The van der Waals surface area contributed by atoms with Crippen LogP contribution in [0, 0.1) is 29.7 Å². The molecule has 5 nitrogen and oxygen atoms in total. The third kappa shape index (κ3) is 6.55. The van der Waals surface area contributed by atoms with Gasteiger partial charge in [-0.1, -0.05) is 38.8 Å². The molecule has 2 aromatic rings. The van der Waals surface area contributed by atoms with Gasteiger partial charge < -0.3 is 10.2 Å². The lowest BCUT2D eigenvalue weighted by molar-refractivity contribution is -0.183. The highest BCUT2D eigenvalue weighted by Crippen LogP contribution is 2.45. The van der Waals surface area contributed by atoms with E-state index in [2.05, 4.69) is 36.0 Å². The standard InChI is InChI=1S/C28H33F3N2O3S2/c1-4-38(35,36)23-11-7-20(8-12-23)15-24(34)32-25-16-21-17-33(26(18(2)3)27(21)37-25)14-13-19-5-9-22(10-6-19)28(29,30)31/h7-8,11-12,16,18-19,22,26H,4-6,9-10,15,17H2,1-3H3,(H,32,34)/t19?,22?,26-/m0/s1. The first-order chi connectivity index (χ1) is 17.9. The van der Waals surface area contributed by atoms with Crippen LogP contribution in [0.4, 0.5) is 18.2 Å². The predicted molar refractivity (Wildman–Crippen MR) is 143 cm³/mol. The fourth-order valence-corrected chi connectivity index (χ4v) is 7.42. The summed E-state index contributed by atoms with van der Waals surface area (Å²) in [5.41, 5.74) is 1.83. The minimum Gasteiger partial charge on any atom is -0.320 e. The fraction of sp³-hybridized carbons (Fsp3) is 0.536. The number of thiophene rings is 1. The Morgan fingerprint density at radius 1 is 1.16 bits per heavy atom. The molecule has 0 saturated heterocycles. The summed E-state index contributed by atoms with van der Waals surface area (Å²) in [7, 11) is -3.28. The molecule has 1 aliphatic heterocycles. The zero-order chi connectivity index (χ0) is 27.7. The maximum Gasteiger partial charge on any atom is 0.391 e. The lowest BCUT2D eigenvalue weighted by Crippen LogP contribution is -2.27. The van der Waals surface area contributed by atoms with Crippen LogP contribution in [0.2, 0.25) is 0 Å². The number of nitrogens with one attached hydrogen (secondary N) is 1. The number of anilines is 1. The summed E-state index contributed by atoms with van der Waals surface area (Å²) in [6, 6.07) is 11.7. The lowest BCUT2D eigenvalue weighted by atomic mass is 9.82. The molecule has 0 radical (unpaired) electrons. The van der Waals surface area contributed by atoms with Gasteiger partial charge in [-0.25, -0.2) is 8.42 Å². The SMILES string of the molecule is CCS(=O)(=O)c1ccc(CC(=O)Nc2cc3c(s2)[C@H](C(C)C)N(C#CC2CCC(C(F)(F)F)CC2)C3)cc1. The van der Waals surface area contributed by atoms with Crippen LogP contribution in [0.3, 0.4) is 0 Å². The Labute approximate surface area is 226 Å². The van der Waals surface area contributed by atoms with Crippen LogP contribution in [-0.4, -0.2) is 31.2 Å². The number of carbonyl (C=O) groups is 1. The number of rotatable bonds is 6. The van der Waals surface area contributed by atoms with Gasteiger partial charge in [0.1, 0.15) is 0 Å². The van der Waals surface area contributed by atoms with E-state index < -0.39 is 21.9 Å². The van der Waals surface area contributed by atoms with Gasteiger partial charge in [0.25, 0.3) is 0 Å². The third-order valence-electron chi connectivity index (χ3n) is 7.31. The number of nitrogens with zero attached hydrogens (tertiary/aromatic N) is 1. The Bertz CT molecular complexity index is 1310. The number of alkyl halides is 3. The van der Waals surface area contributed by atoms with E-state index in [4.69, 9.17) is 0 Å². The Morgan fingerprint density at radius 2 is 1.82 bits per heavy atom. The molecule has 1 aromatic carbocycles. The first-order valence-electron chi connectivity index (χ1n) is 13.0. The van der Waals surface area contributed by atoms with Crippen LogP contribution in [0.5, 0.6) is 0 Å². The normalized spacial score (nSPS) is 21.7. The summed E-state index contributed by atoms with van der Waals surface area (Å²) in [6.07, 6.45) is -2.72. The highest BCUT2D eigenvalue weighted by Gasteiger charge is 2.41. The molecule has 206 valence electrons. The van der Waals surface area contributed by atoms with Gasteiger partial charge >= 0.3 is 6.18 Å². The highest BCUT2D eigenvalue weighted by atomic mass is 32.2. The van der Waals surface area contributed by atoms with E-state index in [1.807, 2.05) is 6.07 Å². The second kappa shape index (κ2) is 11.3. The summed E-state index contributed by atoms with van der Waals surface area (Å²) in [4.78, 5) is 16.1. The number of hydrogen-bond acceptors (Lipinski definition) is 5. The lowest BCUT2D eigenvalue weighted by Gasteiger charge is -2.28. The van der Waals surface area contributed by atoms with E-state index in [1.54, 1.807) is 19.1 Å². The van der Waals surface area contributed by atoms with Crippen molar-refractivity contribution in [3.8, 4) is 12.0 Å². The fourth-order valence-electron chi connectivity index (χ4n) is 5.16. The Balaban J connectivity index is 1.37. The van der Waals surface area contributed by atoms with Gasteiger partial charge in [0.2, 0.25) is 5.91 Å². The van der Waals surface area contributed by atoms with E-state index in [0.29, 0.717) is 19.4 Å². The molecule has 0 spiro atoms. The minimum atomic E-state index is -4.11. The molecule has 2 aliphatic rings. The van der Waals surface area contributed by atoms with Gasteiger partial charge in [0, 0.05) is 16.8 Å². The van der Waals surface area contributed by atoms with Gasteiger partial charge in [-0.05, 0) is 60.9 Å². The number of amides is 1. The molecule has 38 heavy (non-hydrogen) atoms. The molecule has 1 aromatic heterocycles. The first kappa shape index (κ1) is 28.5. The smallest absolute Gasteiger partial charge is 0.320 e. The largest absolute Gasteiger partial charge is 0.391 e. The van der Waals surface area contributed by atoms with Crippen molar-refractivity contribution in [1.82, 2.24) is 4.90 Å². The Kier molecular flexibility index (Phi) is 8.48. The van der Waals surface area contributed by atoms with Crippen molar-refractivity contribution in [2.75, 3.05) is 11.1 Å². The molecule has 0 bridgehead atoms. The van der Waals surface area contributed by atoms with Crippen LogP contribution in [0.1, 0.15) is 68.5 Å². The summed E-state index contributed by atoms with van der Waals surface area (Å²) in [6.45, 7) is 6.44. The van der Waals surface area contributed by atoms with Crippen molar-refractivity contribution in [2.45, 2.75) is 76.5 Å². The number of carbonyl (C=O) groups excluding carboxylic acids is 1. The molecule has 1 fully saturated rings. The molecule has 0 unspecified atom stereocenters. The minimum absolute atomic E-state index is 0.00829. The van der Waals surface area contributed by atoms with Gasteiger partial charge in [-0.15, -0.1) is 11.3 Å². The van der Waals surface area contributed by atoms with E-state index >= 15 is 0 Å². The van der Waals surface area contributed by atoms with Gasteiger partial charge in [-0.2, -0.15) is 13.2 Å². The summed E-state index contributed by atoms with van der Waals surface area (Å²) in [5, 5.41) is 3.72. The van der Waals surface area contributed by atoms with Crippen molar-refractivity contribution in [3.05, 3.63) is 46.3 Å². The molecule has 10 heteroatoms. The monoisotopic (exact) mass is 566 g/mol. The first-order valence-corrected chi connectivity index (χ1v) is 15.4. The van der Waals surface area contributed by atoms with Crippen molar-refractivity contribution >= 4 is 32.1 Å². The second-order valence-corrected chi connectivity index (χ2v) is 13.8. The summed E-state index contributed by atoms with van der Waals surface area (Å²) >= 11 is 1.53. The number of halogens is 3. The number of benzene rings is 1. The predicted octanol–water partition coefficient (Wildman–Crippen LogP) is 6.57. The zero-order valence-electron chi connectivity index (χ0n) is 21.8. The van der Waals surface area contributed by atoms with Gasteiger partial charge in [0.05, 0.1) is 40.6 Å². The van der Waals surface area contributed by atoms with Crippen LogP contribution in [0.25, 0.3) is 0 Å². The van der Waals surface area contributed by atoms with Crippen LogP contribution in [-0.2, 0) is 27.6 Å². The van der Waals surface area contributed by atoms with Gasteiger partial charge in [0.15, 0.2) is 9.84 Å².